The van der Waals surface area contributed by atoms with Crippen molar-refractivity contribution in [3.8, 4) is 5.88 Å². The quantitative estimate of drug-likeness (QED) is 0.744. The zero-order valence-corrected chi connectivity index (χ0v) is 15.5. The standard InChI is InChI=1S/C21H22N2O4/c1-21(2,3)22-18(24)17-15-11-7-8-12-16(15)19(25)23(20(17)26)27-13-14-9-5-4-6-10-14/h4-12,26H,13H2,1-3H3,(H,22,24). The van der Waals surface area contributed by atoms with Crippen LogP contribution in [0.15, 0.2) is 59.4 Å². The van der Waals surface area contributed by atoms with E-state index < -0.39 is 22.9 Å². The van der Waals surface area contributed by atoms with Gasteiger partial charge in [0.1, 0.15) is 12.2 Å². The van der Waals surface area contributed by atoms with E-state index in [1.54, 1.807) is 24.3 Å². The monoisotopic (exact) mass is 366 g/mol. The zero-order chi connectivity index (χ0) is 19.6. The molecule has 0 saturated carbocycles. The van der Waals surface area contributed by atoms with Crippen molar-refractivity contribution in [1.29, 1.82) is 0 Å². The summed E-state index contributed by atoms with van der Waals surface area (Å²) in [5, 5.41) is 14.2. The van der Waals surface area contributed by atoms with Gasteiger partial charge in [-0.2, -0.15) is 0 Å². The van der Waals surface area contributed by atoms with Crippen molar-refractivity contribution in [2.24, 2.45) is 0 Å². The number of aromatic nitrogens is 1. The van der Waals surface area contributed by atoms with Crippen LogP contribution in [0.1, 0.15) is 36.7 Å². The van der Waals surface area contributed by atoms with Crippen LogP contribution in [0.3, 0.4) is 0 Å². The molecule has 6 heteroatoms. The van der Waals surface area contributed by atoms with Gasteiger partial charge in [-0.3, -0.25) is 9.59 Å². The van der Waals surface area contributed by atoms with E-state index in [2.05, 4.69) is 5.32 Å². The second kappa shape index (κ2) is 7.15. The van der Waals surface area contributed by atoms with Gasteiger partial charge in [0.2, 0.25) is 5.88 Å². The average Bonchev–Trinajstić information content (AvgIpc) is 2.61. The number of rotatable bonds is 4. The minimum Gasteiger partial charge on any atom is -0.492 e. The van der Waals surface area contributed by atoms with Gasteiger partial charge >= 0.3 is 0 Å². The molecule has 0 aliphatic rings. The van der Waals surface area contributed by atoms with Gasteiger partial charge in [0.25, 0.3) is 11.5 Å². The molecule has 6 nitrogen and oxygen atoms in total. The number of hydrogen-bond donors (Lipinski definition) is 2. The lowest BCUT2D eigenvalue weighted by Crippen LogP contribution is -2.41. The average molecular weight is 366 g/mol. The van der Waals surface area contributed by atoms with Gasteiger partial charge in [0, 0.05) is 10.9 Å². The van der Waals surface area contributed by atoms with Crippen molar-refractivity contribution < 1.29 is 14.7 Å². The van der Waals surface area contributed by atoms with E-state index in [1.165, 1.54) is 0 Å². The fourth-order valence-corrected chi connectivity index (χ4v) is 2.78. The van der Waals surface area contributed by atoms with E-state index in [1.807, 2.05) is 51.1 Å². The van der Waals surface area contributed by atoms with Crippen LogP contribution >= 0.6 is 0 Å². The van der Waals surface area contributed by atoms with Crippen LogP contribution in [0.5, 0.6) is 5.88 Å². The molecular formula is C21H22N2O4. The molecule has 0 unspecified atom stereocenters. The Balaban J connectivity index is 2.11. The summed E-state index contributed by atoms with van der Waals surface area (Å²) in [6.07, 6.45) is 0. The molecule has 1 amide bonds. The van der Waals surface area contributed by atoms with Crippen LogP contribution in [0, 0.1) is 0 Å². The number of nitrogens with zero attached hydrogens (tertiary/aromatic N) is 1. The Morgan fingerprint density at radius 3 is 2.26 bits per heavy atom. The van der Waals surface area contributed by atoms with Gasteiger partial charge in [0.05, 0.1) is 5.39 Å². The molecule has 27 heavy (non-hydrogen) atoms. The Morgan fingerprint density at radius 2 is 1.63 bits per heavy atom. The summed E-state index contributed by atoms with van der Waals surface area (Å²) in [5.74, 6) is -0.996. The summed E-state index contributed by atoms with van der Waals surface area (Å²) in [6, 6.07) is 15.9. The number of fused-ring (bicyclic) bond motifs is 1. The maximum absolute atomic E-state index is 12.8. The van der Waals surface area contributed by atoms with E-state index in [-0.39, 0.29) is 12.2 Å². The second-order valence-corrected chi connectivity index (χ2v) is 7.31. The number of carbonyl (C=O) groups is 1. The Labute approximate surface area is 157 Å². The van der Waals surface area contributed by atoms with Crippen molar-refractivity contribution in [2.75, 3.05) is 0 Å². The summed E-state index contributed by atoms with van der Waals surface area (Å²) in [4.78, 5) is 31.1. The molecule has 0 aliphatic heterocycles. The zero-order valence-electron chi connectivity index (χ0n) is 15.5. The van der Waals surface area contributed by atoms with Gasteiger partial charge in [-0.25, -0.2) is 0 Å². The Hall–Kier alpha value is -3.28. The molecule has 2 N–H and O–H groups in total. The number of aromatic hydroxyl groups is 1. The van der Waals surface area contributed by atoms with E-state index in [0.717, 1.165) is 10.3 Å². The highest BCUT2D eigenvalue weighted by Crippen LogP contribution is 2.25. The van der Waals surface area contributed by atoms with Crippen molar-refractivity contribution in [3.05, 3.63) is 76.1 Å². The van der Waals surface area contributed by atoms with Crippen LogP contribution in [-0.4, -0.2) is 21.3 Å². The van der Waals surface area contributed by atoms with E-state index in [0.29, 0.717) is 10.8 Å². The highest BCUT2D eigenvalue weighted by molar-refractivity contribution is 6.08. The normalized spacial score (nSPS) is 11.4. The first-order chi connectivity index (χ1) is 12.8. The molecule has 0 bridgehead atoms. The number of carbonyl (C=O) groups excluding carboxylic acids is 1. The Bertz CT molecular complexity index is 1030. The minimum absolute atomic E-state index is 0.00758. The Morgan fingerprint density at radius 1 is 1.04 bits per heavy atom. The molecule has 0 saturated heterocycles. The van der Waals surface area contributed by atoms with Gasteiger partial charge in [-0.15, -0.1) is 4.73 Å². The number of hydrogen-bond acceptors (Lipinski definition) is 4. The molecule has 0 atom stereocenters. The highest BCUT2D eigenvalue weighted by Gasteiger charge is 2.25. The van der Waals surface area contributed by atoms with Crippen molar-refractivity contribution in [1.82, 2.24) is 10.0 Å². The van der Waals surface area contributed by atoms with E-state index in [4.69, 9.17) is 4.84 Å². The molecule has 1 heterocycles. The SMILES string of the molecule is CC(C)(C)NC(=O)c1c(O)n(OCc2ccccc2)c(=O)c2ccccc12. The van der Waals surface area contributed by atoms with Gasteiger partial charge in [-0.1, -0.05) is 48.5 Å². The lowest BCUT2D eigenvalue weighted by molar-refractivity contribution is 0.0695. The summed E-state index contributed by atoms with van der Waals surface area (Å²) in [6.45, 7) is 5.59. The van der Waals surface area contributed by atoms with E-state index >= 15 is 0 Å². The van der Waals surface area contributed by atoms with E-state index in [9.17, 15) is 14.7 Å². The number of amides is 1. The molecule has 0 spiro atoms. The van der Waals surface area contributed by atoms with Gasteiger partial charge < -0.3 is 15.3 Å². The van der Waals surface area contributed by atoms with Crippen LogP contribution in [-0.2, 0) is 6.61 Å². The van der Waals surface area contributed by atoms with Crippen molar-refractivity contribution in [3.63, 3.8) is 0 Å². The minimum atomic E-state index is -0.522. The van der Waals surface area contributed by atoms with Crippen molar-refractivity contribution >= 4 is 16.7 Å². The molecular weight excluding hydrogens is 344 g/mol. The summed E-state index contributed by atoms with van der Waals surface area (Å²) < 4.78 is 0.785. The van der Waals surface area contributed by atoms with Crippen LogP contribution in [0.2, 0.25) is 0 Å². The lowest BCUT2D eigenvalue weighted by atomic mass is 10.0. The fraction of sp³-hybridized carbons (Fsp3) is 0.238. The van der Waals surface area contributed by atoms with Crippen LogP contribution < -0.4 is 15.7 Å². The fourth-order valence-electron chi connectivity index (χ4n) is 2.78. The predicted molar refractivity (Wildman–Crippen MR) is 104 cm³/mol. The molecule has 1 aromatic heterocycles. The number of pyridine rings is 1. The summed E-state index contributed by atoms with van der Waals surface area (Å²) in [7, 11) is 0. The third-order valence-corrected chi connectivity index (χ3v) is 3.95. The molecule has 2 aromatic carbocycles. The lowest BCUT2D eigenvalue weighted by Gasteiger charge is -2.22. The Kier molecular flexibility index (Phi) is 4.90. The first-order valence-electron chi connectivity index (χ1n) is 8.64. The predicted octanol–water partition coefficient (Wildman–Crippen LogP) is 2.86. The molecule has 140 valence electrons. The largest absolute Gasteiger partial charge is 0.492 e. The van der Waals surface area contributed by atoms with Crippen LogP contribution in [0.4, 0.5) is 0 Å². The van der Waals surface area contributed by atoms with Gasteiger partial charge in [0.15, 0.2) is 0 Å². The molecule has 0 aliphatic carbocycles. The van der Waals surface area contributed by atoms with Crippen molar-refractivity contribution in [2.45, 2.75) is 32.9 Å². The second-order valence-electron chi connectivity index (χ2n) is 7.31. The third kappa shape index (κ3) is 3.95. The van der Waals surface area contributed by atoms with Crippen LogP contribution in [0.25, 0.3) is 10.8 Å². The first kappa shape index (κ1) is 18.5. The molecule has 3 aromatic rings. The smallest absolute Gasteiger partial charge is 0.294 e. The van der Waals surface area contributed by atoms with Gasteiger partial charge in [-0.05, 0) is 32.4 Å². The molecule has 3 rings (SSSR count). The summed E-state index contributed by atoms with van der Waals surface area (Å²) >= 11 is 0. The topological polar surface area (TPSA) is 80.6 Å². The summed E-state index contributed by atoms with van der Waals surface area (Å²) in [5.41, 5.74) is -0.187. The highest BCUT2D eigenvalue weighted by atomic mass is 16.7. The maximum atomic E-state index is 12.8. The number of benzene rings is 2. The first-order valence-corrected chi connectivity index (χ1v) is 8.64. The maximum Gasteiger partial charge on any atom is 0.294 e. The third-order valence-electron chi connectivity index (χ3n) is 3.95. The number of nitrogens with one attached hydrogen (secondary N) is 1. The molecule has 0 radical (unpaired) electrons. The molecule has 0 fully saturated rings.